The summed E-state index contributed by atoms with van der Waals surface area (Å²) in [4.78, 5) is 25.0. The molecule has 0 radical (unpaired) electrons. The summed E-state index contributed by atoms with van der Waals surface area (Å²) in [5.74, 6) is 1.31. The van der Waals surface area contributed by atoms with E-state index in [0.717, 1.165) is 5.75 Å². The smallest absolute Gasteiger partial charge is 0.273 e. The Hall–Kier alpha value is -4.00. The molecule has 0 heterocycles. The molecule has 3 aromatic carbocycles. The second kappa shape index (κ2) is 12.1. The molecule has 3 rings (SSSR count). The third-order valence-corrected chi connectivity index (χ3v) is 4.47. The summed E-state index contributed by atoms with van der Waals surface area (Å²) in [6.45, 7) is 5.31. The summed E-state index contributed by atoms with van der Waals surface area (Å²) in [6.07, 6.45) is 0. The van der Waals surface area contributed by atoms with Gasteiger partial charge in [0.25, 0.3) is 11.8 Å². The fourth-order valence-corrected chi connectivity index (χ4v) is 2.83. The SMILES string of the molecule is CC(C)COc1ccc(C(=O)NNC(=O)c2ccccc2OCCOc2ccccc2)cc1. The van der Waals surface area contributed by atoms with Gasteiger partial charge in [-0.15, -0.1) is 0 Å². The lowest BCUT2D eigenvalue weighted by atomic mass is 10.2. The van der Waals surface area contributed by atoms with E-state index in [1.807, 2.05) is 30.3 Å². The van der Waals surface area contributed by atoms with Gasteiger partial charge in [-0.3, -0.25) is 20.4 Å². The van der Waals surface area contributed by atoms with Gasteiger partial charge in [0.05, 0.1) is 12.2 Å². The first-order valence-electron chi connectivity index (χ1n) is 10.8. The standard InChI is InChI=1S/C26H28N2O5/c1-19(2)18-33-22-14-12-20(13-15-22)25(29)27-28-26(30)23-10-6-7-11-24(23)32-17-16-31-21-8-4-3-5-9-21/h3-15,19H,16-18H2,1-2H3,(H,27,29)(H,28,30). The van der Waals surface area contributed by atoms with Crippen molar-refractivity contribution in [2.75, 3.05) is 19.8 Å². The lowest BCUT2D eigenvalue weighted by Gasteiger charge is -2.13. The molecule has 0 saturated carbocycles. The molecule has 0 aliphatic rings. The Labute approximate surface area is 193 Å². The molecular formula is C26H28N2O5. The van der Waals surface area contributed by atoms with Gasteiger partial charge in [0.15, 0.2) is 0 Å². The number of amides is 2. The second-order valence-electron chi connectivity index (χ2n) is 7.64. The molecule has 3 aromatic rings. The van der Waals surface area contributed by atoms with Crippen LogP contribution in [0.1, 0.15) is 34.6 Å². The van der Waals surface area contributed by atoms with Gasteiger partial charge < -0.3 is 14.2 Å². The predicted molar refractivity (Wildman–Crippen MR) is 126 cm³/mol. The van der Waals surface area contributed by atoms with E-state index >= 15 is 0 Å². The number of nitrogens with one attached hydrogen (secondary N) is 2. The van der Waals surface area contributed by atoms with Gasteiger partial charge in [0.2, 0.25) is 0 Å². The summed E-state index contributed by atoms with van der Waals surface area (Å²) in [5.41, 5.74) is 5.55. The number of ether oxygens (including phenoxy) is 3. The Bertz CT molecular complexity index is 1040. The molecule has 0 atom stereocenters. The monoisotopic (exact) mass is 448 g/mol. The molecular weight excluding hydrogens is 420 g/mol. The van der Waals surface area contributed by atoms with Gasteiger partial charge in [-0.1, -0.05) is 44.2 Å². The van der Waals surface area contributed by atoms with Crippen LogP contribution in [0.2, 0.25) is 0 Å². The Morgan fingerprint density at radius 2 is 1.30 bits per heavy atom. The Morgan fingerprint density at radius 3 is 2.03 bits per heavy atom. The van der Waals surface area contributed by atoms with Crippen LogP contribution in [0.25, 0.3) is 0 Å². The number of carbonyl (C=O) groups is 2. The van der Waals surface area contributed by atoms with Crippen LogP contribution in [-0.2, 0) is 0 Å². The summed E-state index contributed by atoms with van der Waals surface area (Å²) >= 11 is 0. The molecule has 0 aliphatic heterocycles. The molecule has 2 N–H and O–H groups in total. The molecule has 0 spiro atoms. The van der Waals surface area contributed by atoms with Crippen LogP contribution in [0.5, 0.6) is 17.2 Å². The summed E-state index contributed by atoms with van der Waals surface area (Å²) in [6, 6.07) is 22.9. The van der Waals surface area contributed by atoms with E-state index in [9.17, 15) is 9.59 Å². The first-order chi connectivity index (χ1) is 16.0. The van der Waals surface area contributed by atoms with E-state index in [1.165, 1.54) is 0 Å². The predicted octanol–water partition coefficient (Wildman–Crippen LogP) is 4.25. The largest absolute Gasteiger partial charge is 0.493 e. The van der Waals surface area contributed by atoms with E-state index in [4.69, 9.17) is 14.2 Å². The fourth-order valence-electron chi connectivity index (χ4n) is 2.83. The van der Waals surface area contributed by atoms with Gasteiger partial charge in [-0.05, 0) is 54.4 Å². The Kier molecular flexibility index (Phi) is 8.71. The number of benzene rings is 3. The van der Waals surface area contributed by atoms with Gasteiger partial charge in [0, 0.05) is 5.56 Å². The molecule has 33 heavy (non-hydrogen) atoms. The Balaban J connectivity index is 1.49. The molecule has 0 bridgehead atoms. The number of rotatable bonds is 10. The van der Waals surface area contributed by atoms with Crippen molar-refractivity contribution in [1.29, 1.82) is 0 Å². The van der Waals surface area contributed by atoms with Crippen molar-refractivity contribution in [2.24, 2.45) is 5.92 Å². The Morgan fingerprint density at radius 1 is 0.697 bits per heavy atom. The number of hydrogen-bond acceptors (Lipinski definition) is 5. The normalized spacial score (nSPS) is 10.4. The van der Waals surface area contributed by atoms with Crippen LogP contribution in [0.3, 0.4) is 0 Å². The van der Waals surface area contributed by atoms with E-state index in [-0.39, 0.29) is 6.61 Å². The molecule has 0 unspecified atom stereocenters. The number of para-hydroxylation sites is 2. The van der Waals surface area contributed by atoms with Gasteiger partial charge in [-0.25, -0.2) is 0 Å². The third-order valence-electron chi connectivity index (χ3n) is 4.47. The maximum absolute atomic E-state index is 12.6. The van der Waals surface area contributed by atoms with Gasteiger partial charge in [0.1, 0.15) is 30.5 Å². The van der Waals surface area contributed by atoms with E-state index < -0.39 is 11.8 Å². The molecule has 7 nitrogen and oxygen atoms in total. The summed E-state index contributed by atoms with van der Waals surface area (Å²) in [5, 5.41) is 0. The average molecular weight is 449 g/mol. The van der Waals surface area contributed by atoms with E-state index in [1.54, 1.807) is 48.5 Å². The highest BCUT2D eigenvalue weighted by Crippen LogP contribution is 2.18. The van der Waals surface area contributed by atoms with Crippen molar-refractivity contribution in [1.82, 2.24) is 10.9 Å². The van der Waals surface area contributed by atoms with Crippen LogP contribution in [0.15, 0.2) is 78.9 Å². The van der Waals surface area contributed by atoms with Crippen molar-refractivity contribution in [2.45, 2.75) is 13.8 Å². The molecule has 0 aliphatic carbocycles. The van der Waals surface area contributed by atoms with Crippen molar-refractivity contribution in [3.63, 3.8) is 0 Å². The van der Waals surface area contributed by atoms with Crippen molar-refractivity contribution in [3.8, 4) is 17.2 Å². The molecule has 0 saturated heterocycles. The van der Waals surface area contributed by atoms with Gasteiger partial charge in [-0.2, -0.15) is 0 Å². The summed E-state index contributed by atoms with van der Waals surface area (Å²) < 4.78 is 16.9. The lowest BCUT2D eigenvalue weighted by Crippen LogP contribution is -2.41. The minimum Gasteiger partial charge on any atom is -0.493 e. The minimum atomic E-state index is -0.486. The zero-order valence-electron chi connectivity index (χ0n) is 18.7. The van der Waals surface area contributed by atoms with Crippen molar-refractivity contribution in [3.05, 3.63) is 90.0 Å². The summed E-state index contributed by atoms with van der Waals surface area (Å²) in [7, 11) is 0. The zero-order valence-corrected chi connectivity index (χ0v) is 18.7. The quantitative estimate of drug-likeness (QED) is 0.358. The first kappa shape index (κ1) is 23.7. The third kappa shape index (κ3) is 7.57. The second-order valence-corrected chi connectivity index (χ2v) is 7.64. The zero-order chi connectivity index (χ0) is 23.5. The molecule has 7 heteroatoms. The minimum absolute atomic E-state index is 0.261. The average Bonchev–Trinajstić information content (AvgIpc) is 2.85. The molecule has 0 aromatic heterocycles. The van der Waals surface area contributed by atoms with Crippen LogP contribution in [0.4, 0.5) is 0 Å². The number of hydrogen-bond donors (Lipinski definition) is 2. The van der Waals surface area contributed by atoms with Crippen molar-refractivity contribution >= 4 is 11.8 Å². The van der Waals surface area contributed by atoms with Gasteiger partial charge >= 0.3 is 0 Å². The number of hydrazine groups is 1. The number of carbonyl (C=O) groups excluding carboxylic acids is 2. The highest BCUT2D eigenvalue weighted by atomic mass is 16.5. The fraction of sp³-hybridized carbons (Fsp3) is 0.231. The first-order valence-corrected chi connectivity index (χ1v) is 10.8. The lowest BCUT2D eigenvalue weighted by molar-refractivity contribution is 0.0843. The van der Waals surface area contributed by atoms with Crippen LogP contribution >= 0.6 is 0 Å². The highest BCUT2D eigenvalue weighted by Gasteiger charge is 2.14. The molecule has 172 valence electrons. The van der Waals surface area contributed by atoms with Crippen LogP contribution in [0, 0.1) is 5.92 Å². The topological polar surface area (TPSA) is 85.9 Å². The highest BCUT2D eigenvalue weighted by molar-refractivity contribution is 6.00. The van der Waals surface area contributed by atoms with E-state index in [2.05, 4.69) is 24.7 Å². The van der Waals surface area contributed by atoms with Crippen LogP contribution in [-0.4, -0.2) is 31.6 Å². The van der Waals surface area contributed by atoms with E-state index in [0.29, 0.717) is 41.8 Å². The molecule has 0 fully saturated rings. The maximum Gasteiger partial charge on any atom is 0.273 e. The maximum atomic E-state index is 12.6. The molecule has 2 amide bonds. The van der Waals surface area contributed by atoms with Crippen LogP contribution < -0.4 is 25.1 Å². The van der Waals surface area contributed by atoms with Crippen molar-refractivity contribution < 1.29 is 23.8 Å².